The predicted molar refractivity (Wildman–Crippen MR) is 104 cm³/mol. The minimum atomic E-state index is -0.656. The second-order valence-electron chi connectivity index (χ2n) is 7.83. The van der Waals surface area contributed by atoms with Gasteiger partial charge in [-0.15, -0.1) is 0 Å². The second kappa shape index (κ2) is 7.46. The van der Waals surface area contributed by atoms with Gasteiger partial charge in [-0.05, 0) is 47.0 Å². The number of ether oxygens (including phenoxy) is 1. The molecule has 2 aromatic rings. The van der Waals surface area contributed by atoms with Crippen molar-refractivity contribution in [1.29, 1.82) is 5.26 Å². The number of carbonyl (C=O) groups is 1. The van der Waals surface area contributed by atoms with Crippen molar-refractivity contribution in [2.75, 3.05) is 23.7 Å². The Bertz CT molecular complexity index is 931. The molecule has 1 aliphatic heterocycles. The summed E-state index contributed by atoms with van der Waals surface area (Å²) in [7, 11) is 0. The van der Waals surface area contributed by atoms with Crippen molar-refractivity contribution in [2.24, 2.45) is 0 Å². The molecule has 0 aromatic carbocycles. The Kier molecular flexibility index (Phi) is 5.23. The van der Waals surface area contributed by atoms with Crippen LogP contribution in [0.1, 0.15) is 61.8 Å². The van der Waals surface area contributed by atoms with Gasteiger partial charge < -0.3 is 15.4 Å². The lowest BCUT2D eigenvalue weighted by atomic mass is 10.1. The number of hydrogen-bond donors (Lipinski definition) is 1. The van der Waals surface area contributed by atoms with Crippen molar-refractivity contribution in [1.82, 2.24) is 19.7 Å². The number of aromatic nitrogens is 4. The highest BCUT2D eigenvalue weighted by atomic mass is 16.6. The van der Waals surface area contributed by atoms with Crippen molar-refractivity contribution in [3.05, 3.63) is 23.0 Å². The van der Waals surface area contributed by atoms with E-state index >= 15 is 0 Å². The van der Waals surface area contributed by atoms with Gasteiger partial charge in [0.1, 0.15) is 34.6 Å². The van der Waals surface area contributed by atoms with Crippen LogP contribution in [0.15, 0.2) is 6.07 Å². The van der Waals surface area contributed by atoms with E-state index in [4.69, 9.17) is 10.5 Å². The predicted octanol–water partition coefficient (Wildman–Crippen LogP) is 2.37. The summed E-state index contributed by atoms with van der Waals surface area (Å²) in [5.74, 6) is 0.357. The van der Waals surface area contributed by atoms with E-state index in [2.05, 4.69) is 26.0 Å². The highest BCUT2D eigenvalue weighted by Gasteiger charge is 2.27. The summed E-state index contributed by atoms with van der Waals surface area (Å²) in [4.78, 5) is 23.4. The molecular formula is C19H25N7O2. The van der Waals surface area contributed by atoms with E-state index in [-0.39, 0.29) is 23.0 Å². The summed E-state index contributed by atoms with van der Waals surface area (Å²) in [5.41, 5.74) is 6.36. The van der Waals surface area contributed by atoms with Crippen molar-refractivity contribution < 1.29 is 9.53 Å². The fourth-order valence-electron chi connectivity index (χ4n) is 3.14. The van der Waals surface area contributed by atoms with Crippen LogP contribution in [-0.4, -0.2) is 44.4 Å². The number of piperidine rings is 1. The fraction of sp³-hybridized carbons (Fsp3) is 0.526. The number of anilines is 2. The monoisotopic (exact) mass is 383 g/mol. The molecule has 1 aliphatic rings. The highest BCUT2D eigenvalue weighted by Crippen LogP contribution is 2.24. The number of nitrogens with two attached hydrogens (primary N) is 1. The van der Waals surface area contributed by atoms with Gasteiger partial charge in [-0.2, -0.15) is 25.0 Å². The van der Waals surface area contributed by atoms with Gasteiger partial charge in [-0.1, -0.05) is 0 Å². The van der Waals surface area contributed by atoms with E-state index < -0.39 is 11.6 Å². The molecule has 0 atom stereocenters. The molecule has 0 spiro atoms. The summed E-state index contributed by atoms with van der Waals surface area (Å²) in [5, 5.41) is 13.7. The van der Waals surface area contributed by atoms with Crippen LogP contribution in [-0.2, 0) is 4.74 Å². The molecule has 148 valence electrons. The zero-order valence-corrected chi connectivity index (χ0v) is 16.7. The third-order valence-corrected chi connectivity index (χ3v) is 4.38. The van der Waals surface area contributed by atoms with Gasteiger partial charge in [0.05, 0.1) is 5.69 Å². The van der Waals surface area contributed by atoms with Gasteiger partial charge in [0, 0.05) is 19.2 Å². The standard InChI is InChI=1S/C19H25N7O2/c1-12-15(17(27)28-19(2,3)4)16(21)26(24-12)18-22-13(11-20)10-14(23-18)25-8-6-5-7-9-25/h10H,5-9,21H2,1-4H3. The first-order chi connectivity index (χ1) is 13.2. The summed E-state index contributed by atoms with van der Waals surface area (Å²) >= 11 is 0. The quantitative estimate of drug-likeness (QED) is 0.801. The van der Waals surface area contributed by atoms with E-state index in [9.17, 15) is 10.1 Å². The molecule has 2 N–H and O–H groups in total. The Hall–Kier alpha value is -3.15. The number of aryl methyl sites for hydroxylation is 1. The first-order valence-electron chi connectivity index (χ1n) is 9.32. The van der Waals surface area contributed by atoms with Crippen LogP contribution in [0.2, 0.25) is 0 Å². The zero-order valence-electron chi connectivity index (χ0n) is 16.7. The molecule has 0 bridgehead atoms. The number of rotatable bonds is 3. The smallest absolute Gasteiger partial charge is 0.344 e. The molecule has 9 heteroatoms. The number of nitrogens with zero attached hydrogens (tertiary/aromatic N) is 6. The Labute approximate surface area is 164 Å². The van der Waals surface area contributed by atoms with Gasteiger partial charge >= 0.3 is 5.97 Å². The molecule has 2 aromatic heterocycles. The number of hydrogen-bond acceptors (Lipinski definition) is 8. The lowest BCUT2D eigenvalue weighted by molar-refractivity contribution is 0.00700. The first kappa shape index (κ1) is 19.6. The van der Waals surface area contributed by atoms with E-state index in [1.165, 1.54) is 11.1 Å². The normalized spacial score (nSPS) is 14.6. The van der Waals surface area contributed by atoms with Crippen molar-refractivity contribution >= 4 is 17.6 Å². The van der Waals surface area contributed by atoms with Crippen molar-refractivity contribution in [3.8, 4) is 12.0 Å². The molecule has 3 heterocycles. The zero-order chi connectivity index (χ0) is 20.5. The van der Waals surface area contributed by atoms with Gasteiger partial charge in [-0.25, -0.2) is 4.79 Å². The maximum Gasteiger partial charge on any atom is 0.344 e. The van der Waals surface area contributed by atoms with Crippen LogP contribution in [0.25, 0.3) is 5.95 Å². The third-order valence-electron chi connectivity index (χ3n) is 4.38. The van der Waals surface area contributed by atoms with E-state index in [1.54, 1.807) is 33.8 Å². The number of esters is 1. The summed E-state index contributed by atoms with van der Waals surface area (Å²) in [6.45, 7) is 8.77. The Morgan fingerprint density at radius 3 is 2.54 bits per heavy atom. The van der Waals surface area contributed by atoms with Crippen LogP contribution < -0.4 is 10.6 Å². The van der Waals surface area contributed by atoms with Gasteiger partial charge in [0.15, 0.2) is 0 Å². The van der Waals surface area contributed by atoms with Crippen molar-refractivity contribution in [3.63, 3.8) is 0 Å². The fourth-order valence-corrected chi connectivity index (χ4v) is 3.14. The van der Waals surface area contributed by atoms with Gasteiger partial charge in [0.25, 0.3) is 5.95 Å². The lowest BCUT2D eigenvalue weighted by Gasteiger charge is -2.27. The molecule has 0 amide bonds. The van der Waals surface area contributed by atoms with Crippen LogP contribution in [0.3, 0.4) is 0 Å². The molecule has 0 saturated carbocycles. The molecule has 1 fully saturated rings. The average Bonchev–Trinajstić information content (AvgIpc) is 2.95. The third kappa shape index (κ3) is 4.06. The molecule has 0 unspecified atom stereocenters. The SMILES string of the molecule is Cc1nn(-c2nc(C#N)cc(N3CCCCC3)n2)c(N)c1C(=O)OC(C)(C)C. The van der Waals surface area contributed by atoms with Crippen LogP contribution in [0.5, 0.6) is 0 Å². The Morgan fingerprint density at radius 2 is 1.93 bits per heavy atom. The average molecular weight is 383 g/mol. The molecule has 3 rings (SSSR count). The van der Waals surface area contributed by atoms with E-state index in [1.807, 2.05) is 0 Å². The van der Waals surface area contributed by atoms with Crippen LogP contribution in [0.4, 0.5) is 11.6 Å². The first-order valence-corrected chi connectivity index (χ1v) is 9.32. The van der Waals surface area contributed by atoms with Crippen LogP contribution >= 0.6 is 0 Å². The van der Waals surface area contributed by atoms with E-state index in [0.717, 1.165) is 25.9 Å². The Balaban J connectivity index is 2.03. The molecule has 0 aliphatic carbocycles. The molecule has 1 saturated heterocycles. The Morgan fingerprint density at radius 1 is 1.25 bits per heavy atom. The second-order valence-corrected chi connectivity index (χ2v) is 7.83. The topological polar surface area (TPSA) is 123 Å². The summed E-state index contributed by atoms with van der Waals surface area (Å²) in [6, 6.07) is 3.72. The molecule has 9 nitrogen and oxygen atoms in total. The summed E-state index contributed by atoms with van der Waals surface area (Å²) in [6.07, 6.45) is 3.34. The largest absolute Gasteiger partial charge is 0.456 e. The molecule has 0 radical (unpaired) electrons. The number of carbonyl (C=O) groups excluding carboxylic acids is 1. The maximum absolute atomic E-state index is 12.5. The molecule has 28 heavy (non-hydrogen) atoms. The van der Waals surface area contributed by atoms with Gasteiger partial charge in [-0.3, -0.25) is 0 Å². The van der Waals surface area contributed by atoms with Crippen molar-refractivity contribution in [2.45, 2.75) is 52.6 Å². The maximum atomic E-state index is 12.5. The van der Waals surface area contributed by atoms with Gasteiger partial charge in [0.2, 0.25) is 0 Å². The van der Waals surface area contributed by atoms with E-state index in [0.29, 0.717) is 11.5 Å². The lowest BCUT2D eigenvalue weighted by Crippen LogP contribution is -2.30. The molecular weight excluding hydrogens is 358 g/mol. The minimum Gasteiger partial charge on any atom is -0.456 e. The van der Waals surface area contributed by atoms with Crippen LogP contribution in [0, 0.1) is 18.3 Å². The number of nitrogen functional groups attached to an aromatic ring is 1. The highest BCUT2D eigenvalue weighted by molar-refractivity contribution is 5.96. The number of nitriles is 1. The minimum absolute atomic E-state index is 0.0893. The summed E-state index contributed by atoms with van der Waals surface area (Å²) < 4.78 is 6.72.